The van der Waals surface area contributed by atoms with Gasteiger partial charge in [0.05, 0.1) is 0 Å². The van der Waals surface area contributed by atoms with E-state index in [9.17, 15) is 4.79 Å². The maximum atomic E-state index is 13.3. The number of piperazine rings is 1. The number of nitrogens with zero attached hydrogens (tertiary/aromatic N) is 1. The highest BCUT2D eigenvalue weighted by Gasteiger charge is 2.52. The molecule has 4 bridgehead atoms. The van der Waals surface area contributed by atoms with Gasteiger partial charge in [0.25, 0.3) is 0 Å². The van der Waals surface area contributed by atoms with Crippen LogP contribution in [-0.2, 0) is 4.79 Å². The minimum atomic E-state index is 0.0636. The first-order valence-electron chi connectivity index (χ1n) is 8.98. The van der Waals surface area contributed by atoms with Crippen LogP contribution in [0.1, 0.15) is 52.9 Å². The largest absolute Gasteiger partial charge is 0.337 e. The summed E-state index contributed by atoms with van der Waals surface area (Å²) >= 11 is 0. The van der Waals surface area contributed by atoms with Crippen LogP contribution in [0.15, 0.2) is 0 Å². The van der Waals surface area contributed by atoms with Crippen molar-refractivity contribution >= 4 is 5.91 Å². The minimum Gasteiger partial charge on any atom is -0.337 e. The zero-order chi connectivity index (χ0) is 14.8. The van der Waals surface area contributed by atoms with Crippen LogP contribution in [0, 0.1) is 29.6 Å². The standard InChI is InChI=1S/C18H30N2O/c1-11-9-19-18(2,3)10-20(11)17(21)16-14-5-12-4-13(7-14)8-15(16)6-12/h11-16,19H,4-10H2,1-3H3. The molecule has 1 atom stereocenters. The molecule has 0 aromatic carbocycles. The summed E-state index contributed by atoms with van der Waals surface area (Å²) in [6.45, 7) is 8.45. The van der Waals surface area contributed by atoms with Crippen molar-refractivity contribution < 1.29 is 4.79 Å². The van der Waals surface area contributed by atoms with E-state index in [2.05, 4.69) is 31.0 Å². The summed E-state index contributed by atoms with van der Waals surface area (Å²) in [6, 6.07) is 0.350. The Balaban J connectivity index is 1.54. The SMILES string of the molecule is CC1CNC(C)(C)CN1C(=O)C1C2CC3CC(C2)CC1C3. The normalized spacial score (nSPS) is 47.7. The van der Waals surface area contributed by atoms with Gasteiger partial charge in [-0.3, -0.25) is 4.79 Å². The van der Waals surface area contributed by atoms with Crippen LogP contribution in [-0.4, -0.2) is 35.5 Å². The van der Waals surface area contributed by atoms with E-state index in [4.69, 9.17) is 0 Å². The van der Waals surface area contributed by atoms with E-state index in [1.807, 2.05) is 0 Å². The minimum absolute atomic E-state index is 0.0636. The van der Waals surface area contributed by atoms with Gasteiger partial charge in [-0.2, -0.15) is 0 Å². The van der Waals surface area contributed by atoms with Crippen molar-refractivity contribution in [2.75, 3.05) is 13.1 Å². The predicted molar refractivity (Wildman–Crippen MR) is 83.8 cm³/mol. The third-order valence-corrected chi connectivity index (χ3v) is 6.77. The summed E-state index contributed by atoms with van der Waals surface area (Å²) in [7, 11) is 0. The summed E-state index contributed by atoms with van der Waals surface area (Å²) in [4.78, 5) is 15.5. The fourth-order valence-electron chi connectivity index (χ4n) is 5.99. The first kappa shape index (κ1) is 14.0. The number of rotatable bonds is 1. The second kappa shape index (κ2) is 4.71. The van der Waals surface area contributed by atoms with E-state index in [0.29, 0.717) is 29.7 Å². The number of carbonyl (C=O) groups is 1. The van der Waals surface area contributed by atoms with Gasteiger partial charge in [0, 0.05) is 30.6 Å². The molecule has 3 nitrogen and oxygen atoms in total. The zero-order valence-corrected chi connectivity index (χ0v) is 13.8. The lowest BCUT2D eigenvalue weighted by molar-refractivity contribution is -0.153. The molecule has 0 radical (unpaired) electrons. The predicted octanol–water partition coefficient (Wildman–Crippen LogP) is 2.66. The topological polar surface area (TPSA) is 32.3 Å². The van der Waals surface area contributed by atoms with Crippen LogP contribution in [0.25, 0.3) is 0 Å². The van der Waals surface area contributed by atoms with Crippen molar-refractivity contribution in [3.05, 3.63) is 0 Å². The highest BCUT2D eigenvalue weighted by Crippen LogP contribution is 2.57. The van der Waals surface area contributed by atoms with Crippen molar-refractivity contribution in [3.8, 4) is 0 Å². The average molecular weight is 290 g/mol. The summed E-state index contributed by atoms with van der Waals surface area (Å²) in [6.07, 6.45) is 6.83. The van der Waals surface area contributed by atoms with Gasteiger partial charge in [0.15, 0.2) is 0 Å². The van der Waals surface area contributed by atoms with Crippen molar-refractivity contribution in [1.82, 2.24) is 10.2 Å². The molecule has 5 aliphatic rings. The molecule has 1 N–H and O–H groups in total. The van der Waals surface area contributed by atoms with E-state index in [0.717, 1.165) is 24.9 Å². The molecule has 118 valence electrons. The number of hydrogen-bond donors (Lipinski definition) is 1. The van der Waals surface area contributed by atoms with Gasteiger partial charge in [-0.05, 0) is 76.5 Å². The van der Waals surface area contributed by atoms with Crippen LogP contribution in [0.2, 0.25) is 0 Å². The van der Waals surface area contributed by atoms with Crippen molar-refractivity contribution in [1.29, 1.82) is 0 Å². The Kier molecular flexibility index (Phi) is 3.15. The third kappa shape index (κ3) is 2.32. The summed E-state index contributed by atoms with van der Waals surface area (Å²) < 4.78 is 0. The third-order valence-electron chi connectivity index (χ3n) is 6.77. The fourth-order valence-corrected chi connectivity index (χ4v) is 5.99. The van der Waals surface area contributed by atoms with Crippen LogP contribution in [0.4, 0.5) is 0 Å². The van der Waals surface area contributed by atoms with Gasteiger partial charge in [-0.15, -0.1) is 0 Å². The molecule has 5 fully saturated rings. The van der Waals surface area contributed by atoms with E-state index in [1.165, 1.54) is 32.1 Å². The molecule has 3 heteroatoms. The Morgan fingerprint density at radius 3 is 2.19 bits per heavy atom. The van der Waals surface area contributed by atoms with Crippen LogP contribution < -0.4 is 5.32 Å². The molecule has 0 spiro atoms. The molecule has 1 saturated heterocycles. The van der Waals surface area contributed by atoms with E-state index < -0.39 is 0 Å². The summed E-state index contributed by atoms with van der Waals surface area (Å²) in [5.74, 6) is 4.17. The Morgan fingerprint density at radius 2 is 1.62 bits per heavy atom. The van der Waals surface area contributed by atoms with Crippen molar-refractivity contribution in [2.45, 2.75) is 64.5 Å². The first-order chi connectivity index (χ1) is 9.93. The van der Waals surface area contributed by atoms with Gasteiger partial charge in [-0.25, -0.2) is 0 Å². The molecular weight excluding hydrogens is 260 g/mol. The summed E-state index contributed by atoms with van der Waals surface area (Å²) in [5, 5.41) is 3.57. The second-order valence-electron chi connectivity index (χ2n) is 9.04. The van der Waals surface area contributed by atoms with Gasteiger partial charge in [-0.1, -0.05) is 0 Å². The van der Waals surface area contributed by atoms with Crippen LogP contribution in [0.3, 0.4) is 0 Å². The lowest BCUT2D eigenvalue weighted by Crippen LogP contribution is -2.64. The first-order valence-corrected chi connectivity index (χ1v) is 8.98. The number of amides is 1. The molecular formula is C18H30N2O. The molecule has 4 saturated carbocycles. The van der Waals surface area contributed by atoms with Crippen LogP contribution >= 0.6 is 0 Å². The van der Waals surface area contributed by atoms with Crippen molar-refractivity contribution in [2.24, 2.45) is 29.6 Å². The van der Waals surface area contributed by atoms with E-state index >= 15 is 0 Å². The lowest BCUT2D eigenvalue weighted by Gasteiger charge is -2.55. The monoisotopic (exact) mass is 290 g/mol. The van der Waals surface area contributed by atoms with Crippen molar-refractivity contribution in [3.63, 3.8) is 0 Å². The Morgan fingerprint density at radius 1 is 1.05 bits per heavy atom. The van der Waals surface area contributed by atoms with E-state index in [-0.39, 0.29) is 5.54 Å². The molecule has 5 rings (SSSR count). The fraction of sp³-hybridized carbons (Fsp3) is 0.944. The Hall–Kier alpha value is -0.570. The lowest BCUT2D eigenvalue weighted by atomic mass is 9.51. The molecule has 1 unspecified atom stereocenters. The quantitative estimate of drug-likeness (QED) is 0.805. The number of hydrogen-bond acceptors (Lipinski definition) is 2. The Bertz CT molecular complexity index is 416. The molecule has 1 heterocycles. The Labute approximate surface area is 128 Å². The maximum absolute atomic E-state index is 13.3. The molecule has 1 aliphatic heterocycles. The van der Waals surface area contributed by atoms with Gasteiger partial charge >= 0.3 is 0 Å². The molecule has 1 amide bonds. The smallest absolute Gasteiger partial charge is 0.226 e. The second-order valence-corrected chi connectivity index (χ2v) is 9.04. The highest BCUT2D eigenvalue weighted by atomic mass is 16.2. The number of carbonyl (C=O) groups excluding carboxylic acids is 1. The van der Waals surface area contributed by atoms with Gasteiger partial charge < -0.3 is 10.2 Å². The van der Waals surface area contributed by atoms with E-state index in [1.54, 1.807) is 0 Å². The molecule has 0 aromatic rings. The maximum Gasteiger partial charge on any atom is 0.226 e. The van der Waals surface area contributed by atoms with Crippen LogP contribution in [0.5, 0.6) is 0 Å². The average Bonchev–Trinajstić information content (AvgIpc) is 2.40. The molecule has 4 aliphatic carbocycles. The molecule has 0 aromatic heterocycles. The molecule has 21 heavy (non-hydrogen) atoms. The number of nitrogens with one attached hydrogen (secondary N) is 1. The highest BCUT2D eigenvalue weighted by molar-refractivity contribution is 5.80. The zero-order valence-electron chi connectivity index (χ0n) is 13.8. The van der Waals surface area contributed by atoms with Gasteiger partial charge in [0.1, 0.15) is 0 Å². The summed E-state index contributed by atoms with van der Waals surface area (Å²) in [5.41, 5.74) is 0.0636. The van der Waals surface area contributed by atoms with Gasteiger partial charge in [0.2, 0.25) is 5.91 Å².